The third-order valence-corrected chi connectivity index (χ3v) is 0.805. The summed E-state index contributed by atoms with van der Waals surface area (Å²) in [5.41, 5.74) is 0. The molecule has 0 rings (SSSR count). The van der Waals surface area contributed by atoms with E-state index in [9.17, 15) is 18.0 Å². The van der Waals surface area contributed by atoms with Gasteiger partial charge in [0.25, 0.3) is 0 Å². The van der Waals surface area contributed by atoms with E-state index in [-0.39, 0.29) is 0 Å². The van der Waals surface area contributed by atoms with E-state index in [2.05, 4.69) is 0 Å². The third-order valence-electron chi connectivity index (χ3n) is 0.805. The molecule has 0 aromatic heterocycles. The van der Waals surface area contributed by atoms with Crippen molar-refractivity contribution in [3.05, 3.63) is 0 Å². The summed E-state index contributed by atoms with van der Waals surface area (Å²) in [7, 11) is 0. The van der Waals surface area contributed by atoms with E-state index in [4.69, 9.17) is 24.9 Å². The summed E-state index contributed by atoms with van der Waals surface area (Å²) < 4.78 is 33.5. The van der Waals surface area contributed by atoms with Crippen molar-refractivity contribution in [2.75, 3.05) is 0 Å². The highest BCUT2D eigenvalue weighted by atomic mass is 19.4. The maximum absolute atomic E-state index is 11.2. The van der Waals surface area contributed by atoms with Gasteiger partial charge in [0.1, 0.15) is 0 Å². The van der Waals surface area contributed by atoms with E-state index in [1.807, 2.05) is 0 Å². The Balaban J connectivity index is 0. The smallest absolute Gasteiger partial charge is 0.414 e. The molecule has 0 saturated heterocycles. The zero-order valence-corrected chi connectivity index (χ0v) is 7.11. The number of carboxylic acid groups (broad SMARTS) is 3. The van der Waals surface area contributed by atoms with E-state index in [1.165, 1.54) is 0 Å². The van der Waals surface area contributed by atoms with Gasteiger partial charge in [0, 0.05) is 0 Å². The van der Waals surface area contributed by atoms with Crippen LogP contribution in [0.15, 0.2) is 0 Å². The maximum atomic E-state index is 11.2. The molecule has 88 valence electrons. The van der Waals surface area contributed by atoms with Gasteiger partial charge in [0.15, 0.2) is 0 Å². The zero-order chi connectivity index (χ0) is 12.6. The van der Waals surface area contributed by atoms with Gasteiger partial charge in [-0.15, -0.1) is 0 Å². The van der Waals surface area contributed by atoms with Crippen molar-refractivity contribution in [3.8, 4) is 0 Å². The van der Waals surface area contributed by atoms with Crippen LogP contribution in [0.2, 0.25) is 0 Å². The summed E-state index contributed by atoms with van der Waals surface area (Å²) in [6.07, 6.45) is -6.44. The first kappa shape index (κ1) is 15.7. The fourth-order valence-electron chi connectivity index (χ4n) is 0.249. The van der Waals surface area contributed by atoms with Crippen molar-refractivity contribution < 1.29 is 42.9 Å². The summed E-state index contributed by atoms with van der Waals surface area (Å²) in [6, 6.07) is 0. The largest absolute Gasteiger partial charge is 0.481 e. The topological polar surface area (TPSA) is 112 Å². The second-order valence-electron chi connectivity index (χ2n) is 2.12. The molecule has 0 saturated carbocycles. The average molecular weight is 232 g/mol. The van der Waals surface area contributed by atoms with Crippen LogP contribution < -0.4 is 0 Å². The minimum atomic E-state index is -4.35. The Kier molecular flexibility index (Phi) is 6.92. The fraction of sp³-hybridized carbons (Fsp3) is 0.500. The zero-order valence-electron chi connectivity index (χ0n) is 7.11. The lowest BCUT2D eigenvalue weighted by atomic mass is 10.3. The Bertz CT molecular complexity index is 234. The summed E-state index contributed by atoms with van der Waals surface area (Å²) >= 11 is 0. The minimum Gasteiger partial charge on any atom is -0.481 e. The number of hydrogen-bond donors (Lipinski definition) is 3. The molecule has 0 aromatic carbocycles. The monoisotopic (exact) mass is 232 g/mol. The van der Waals surface area contributed by atoms with Gasteiger partial charge in [0.2, 0.25) is 0 Å². The normalized spacial score (nSPS) is 9.80. The van der Waals surface area contributed by atoms with E-state index in [0.29, 0.717) is 0 Å². The second-order valence-corrected chi connectivity index (χ2v) is 2.12. The molecule has 0 aliphatic heterocycles. The van der Waals surface area contributed by atoms with Crippen LogP contribution in [0.1, 0.15) is 12.8 Å². The van der Waals surface area contributed by atoms with Crippen molar-refractivity contribution in [2.24, 2.45) is 0 Å². The lowest BCUT2D eigenvalue weighted by molar-refractivity contribution is -0.159. The molecule has 0 fully saturated rings. The van der Waals surface area contributed by atoms with Crippen LogP contribution in [0.25, 0.3) is 0 Å². The van der Waals surface area contributed by atoms with Crippen molar-refractivity contribution in [2.45, 2.75) is 19.0 Å². The predicted molar refractivity (Wildman–Crippen MR) is 38.2 cm³/mol. The number of hydrogen-bond acceptors (Lipinski definition) is 3. The molecule has 15 heavy (non-hydrogen) atoms. The van der Waals surface area contributed by atoms with E-state index >= 15 is 0 Å². The van der Waals surface area contributed by atoms with Crippen LogP contribution in [-0.4, -0.2) is 39.4 Å². The highest BCUT2D eigenvalue weighted by Gasteiger charge is 2.27. The molecule has 6 nitrogen and oxygen atoms in total. The summed E-state index contributed by atoms with van der Waals surface area (Å²) in [4.78, 5) is 27.7. The number of halogens is 3. The van der Waals surface area contributed by atoms with Crippen LogP contribution in [0.4, 0.5) is 13.2 Å². The second kappa shape index (κ2) is 6.62. The maximum Gasteiger partial charge on any atom is 0.414 e. The van der Waals surface area contributed by atoms with Gasteiger partial charge >= 0.3 is 24.1 Å². The number of alkyl halides is 3. The van der Waals surface area contributed by atoms with Crippen LogP contribution in [0, 0.1) is 0 Å². The highest BCUT2D eigenvalue weighted by Crippen LogP contribution is 2.20. The molecule has 0 bridgehead atoms. The standard InChI is InChI=1S/C4H5F3O2.C2H2O4/c5-4(6,7)2-1-3(8)9;3-1(4)2(5)6/h1-2H2,(H,8,9);(H,3,4)(H,5,6). The molecular formula is C6H7F3O6. The average Bonchev–Trinajstić information content (AvgIpc) is 2.00. The molecule has 0 atom stereocenters. The molecule has 0 radical (unpaired) electrons. The fourth-order valence-corrected chi connectivity index (χ4v) is 0.249. The Hall–Kier alpha value is -1.80. The molecular weight excluding hydrogens is 225 g/mol. The lowest BCUT2D eigenvalue weighted by Crippen LogP contribution is -2.09. The molecule has 0 aliphatic rings. The van der Waals surface area contributed by atoms with Crippen molar-refractivity contribution >= 4 is 17.9 Å². The first-order valence-corrected chi connectivity index (χ1v) is 3.31. The third kappa shape index (κ3) is 18.9. The summed E-state index contributed by atoms with van der Waals surface area (Å²) in [5, 5.41) is 22.6. The van der Waals surface area contributed by atoms with Gasteiger partial charge in [-0.2, -0.15) is 13.2 Å². The van der Waals surface area contributed by atoms with Crippen LogP contribution in [0.3, 0.4) is 0 Å². The summed E-state index contributed by atoms with van der Waals surface area (Å²) in [6.45, 7) is 0. The molecule has 0 heterocycles. The Morgan fingerprint density at radius 2 is 1.27 bits per heavy atom. The molecule has 3 N–H and O–H groups in total. The first-order valence-electron chi connectivity index (χ1n) is 3.31. The number of carbonyl (C=O) groups is 3. The van der Waals surface area contributed by atoms with E-state index in [1.54, 1.807) is 0 Å². The molecule has 9 heteroatoms. The quantitative estimate of drug-likeness (QED) is 0.600. The van der Waals surface area contributed by atoms with Gasteiger partial charge in [-0.05, 0) is 0 Å². The number of rotatable bonds is 2. The van der Waals surface area contributed by atoms with Gasteiger partial charge in [-0.25, -0.2) is 9.59 Å². The Morgan fingerprint density at radius 1 is 0.933 bits per heavy atom. The first-order chi connectivity index (χ1) is 6.56. The minimum absolute atomic E-state index is 0.844. The van der Waals surface area contributed by atoms with Crippen LogP contribution >= 0.6 is 0 Å². The molecule has 0 spiro atoms. The van der Waals surface area contributed by atoms with Gasteiger partial charge in [0.05, 0.1) is 12.8 Å². The van der Waals surface area contributed by atoms with E-state index < -0.39 is 36.9 Å². The van der Waals surface area contributed by atoms with Crippen LogP contribution in [0.5, 0.6) is 0 Å². The number of aliphatic carboxylic acids is 3. The molecule has 0 amide bonds. The lowest BCUT2D eigenvalue weighted by Gasteiger charge is -2.01. The molecule has 0 aromatic rings. The van der Waals surface area contributed by atoms with Gasteiger partial charge < -0.3 is 15.3 Å². The summed E-state index contributed by atoms with van der Waals surface area (Å²) in [5.74, 6) is -5.07. The van der Waals surface area contributed by atoms with Gasteiger partial charge in [-0.3, -0.25) is 4.79 Å². The van der Waals surface area contributed by atoms with Crippen LogP contribution in [-0.2, 0) is 14.4 Å². The van der Waals surface area contributed by atoms with Crippen molar-refractivity contribution in [1.82, 2.24) is 0 Å². The predicted octanol–water partition coefficient (Wildman–Crippen LogP) is 0.569. The van der Waals surface area contributed by atoms with E-state index in [0.717, 1.165) is 0 Å². The number of carboxylic acids is 3. The molecule has 0 aliphatic carbocycles. The Labute approximate surface area is 80.9 Å². The van der Waals surface area contributed by atoms with Crippen molar-refractivity contribution in [1.29, 1.82) is 0 Å². The molecule has 0 unspecified atom stereocenters. The van der Waals surface area contributed by atoms with Gasteiger partial charge in [-0.1, -0.05) is 0 Å². The highest BCUT2D eigenvalue weighted by molar-refractivity contribution is 6.27. The Morgan fingerprint density at radius 3 is 1.33 bits per heavy atom. The SMILES string of the molecule is O=C(O)C(=O)O.O=C(O)CCC(F)(F)F. The van der Waals surface area contributed by atoms with Crippen molar-refractivity contribution in [3.63, 3.8) is 0 Å².